The topological polar surface area (TPSA) is 0 Å². The first-order chi connectivity index (χ1) is 11.4. The highest BCUT2D eigenvalue weighted by atomic mass is 32.2. The molecule has 0 aromatic heterocycles. The molecule has 0 aliphatic heterocycles. The van der Waals surface area contributed by atoms with Crippen molar-refractivity contribution in [2.24, 2.45) is 35.5 Å². The van der Waals surface area contributed by atoms with Crippen LogP contribution in [0.3, 0.4) is 0 Å². The van der Waals surface area contributed by atoms with Gasteiger partial charge in [-0.1, -0.05) is 93.4 Å². The second-order valence-corrected chi connectivity index (χ2v) is 9.60. The highest BCUT2D eigenvalue weighted by Crippen LogP contribution is 2.35. The first-order valence-corrected chi connectivity index (χ1v) is 12.3. The minimum Gasteiger partial charge on any atom is -0.165 e. The Balaban J connectivity index is 4.47. The van der Waals surface area contributed by atoms with E-state index in [1.54, 1.807) is 0 Å². The van der Waals surface area contributed by atoms with Gasteiger partial charge in [0.1, 0.15) is 0 Å². The molecule has 0 aliphatic rings. The van der Waals surface area contributed by atoms with E-state index in [4.69, 9.17) is 0 Å². The van der Waals surface area contributed by atoms with E-state index in [0.29, 0.717) is 0 Å². The van der Waals surface area contributed by atoms with E-state index >= 15 is 0 Å². The third-order valence-corrected chi connectivity index (χ3v) is 7.42. The Kier molecular flexibility index (Phi) is 14.7. The highest BCUT2D eigenvalue weighted by molar-refractivity contribution is 7.98. The predicted molar refractivity (Wildman–Crippen MR) is 116 cm³/mol. The molecule has 0 aromatic carbocycles. The van der Waals surface area contributed by atoms with Gasteiger partial charge in [-0.15, -0.1) is 0 Å². The zero-order valence-corrected chi connectivity index (χ0v) is 19.1. The van der Waals surface area contributed by atoms with Gasteiger partial charge >= 0.3 is 0 Å². The van der Waals surface area contributed by atoms with E-state index in [1.807, 2.05) is 11.8 Å². The Bertz CT molecular complexity index is 275. The fraction of sp³-hybridized carbons (Fsp3) is 1.00. The number of hydrogen-bond acceptors (Lipinski definition) is 1. The molecule has 6 unspecified atom stereocenters. The van der Waals surface area contributed by atoms with Gasteiger partial charge in [-0.3, -0.25) is 0 Å². The van der Waals surface area contributed by atoms with Crippen molar-refractivity contribution in [1.82, 2.24) is 0 Å². The SMILES string of the molecule is CCCCC(C)C(C)CCC(C)CC(C(C)CC)C(CC)CSC. The third-order valence-electron chi connectivity index (χ3n) is 6.66. The Morgan fingerprint density at radius 2 is 1.38 bits per heavy atom. The Labute approximate surface area is 159 Å². The fourth-order valence-electron chi connectivity index (χ4n) is 4.18. The second-order valence-electron chi connectivity index (χ2n) is 8.69. The van der Waals surface area contributed by atoms with Crippen LogP contribution in [0, 0.1) is 35.5 Å². The van der Waals surface area contributed by atoms with Crippen molar-refractivity contribution in [2.75, 3.05) is 12.0 Å². The quantitative estimate of drug-likeness (QED) is 0.284. The van der Waals surface area contributed by atoms with Gasteiger partial charge in [0.15, 0.2) is 0 Å². The number of thioether (sulfide) groups is 1. The van der Waals surface area contributed by atoms with Gasteiger partial charge in [0, 0.05) is 0 Å². The fourth-order valence-corrected chi connectivity index (χ4v) is 5.09. The summed E-state index contributed by atoms with van der Waals surface area (Å²) in [4.78, 5) is 0. The van der Waals surface area contributed by atoms with Crippen LogP contribution in [0.5, 0.6) is 0 Å². The average Bonchev–Trinajstić information content (AvgIpc) is 2.59. The molecule has 6 atom stereocenters. The summed E-state index contributed by atoms with van der Waals surface area (Å²) < 4.78 is 0. The lowest BCUT2D eigenvalue weighted by molar-refractivity contribution is 0.192. The molecule has 0 aliphatic carbocycles. The van der Waals surface area contributed by atoms with Crippen molar-refractivity contribution in [3.8, 4) is 0 Å². The molecular formula is C23H48S. The standard InChI is InChI=1S/C23H48S/c1-9-12-13-20(6)21(7)15-14-18(4)16-23(19(5)10-2)22(11-3)17-24-8/h18-23H,9-17H2,1-8H3. The van der Waals surface area contributed by atoms with Crippen LogP contribution in [-0.2, 0) is 0 Å². The molecule has 0 fully saturated rings. The van der Waals surface area contributed by atoms with Crippen LogP contribution in [-0.4, -0.2) is 12.0 Å². The molecular weight excluding hydrogens is 308 g/mol. The van der Waals surface area contributed by atoms with Crippen LogP contribution in [0.1, 0.15) is 99.8 Å². The van der Waals surface area contributed by atoms with Gasteiger partial charge in [-0.2, -0.15) is 11.8 Å². The molecule has 0 saturated carbocycles. The third kappa shape index (κ3) is 9.73. The minimum absolute atomic E-state index is 0.880. The van der Waals surface area contributed by atoms with Crippen LogP contribution in [0.4, 0.5) is 0 Å². The van der Waals surface area contributed by atoms with Gasteiger partial charge in [-0.25, -0.2) is 0 Å². The van der Waals surface area contributed by atoms with E-state index in [9.17, 15) is 0 Å². The lowest BCUT2D eigenvalue weighted by Crippen LogP contribution is -2.25. The van der Waals surface area contributed by atoms with Gasteiger partial charge in [0.25, 0.3) is 0 Å². The Morgan fingerprint density at radius 1 is 0.750 bits per heavy atom. The summed E-state index contributed by atoms with van der Waals surface area (Å²) in [7, 11) is 0. The van der Waals surface area contributed by atoms with Crippen LogP contribution < -0.4 is 0 Å². The van der Waals surface area contributed by atoms with Gasteiger partial charge in [-0.05, 0) is 53.9 Å². The molecule has 0 nitrogen and oxygen atoms in total. The minimum atomic E-state index is 0.880. The van der Waals surface area contributed by atoms with Crippen LogP contribution >= 0.6 is 11.8 Å². The first-order valence-electron chi connectivity index (χ1n) is 10.9. The van der Waals surface area contributed by atoms with E-state index in [1.165, 1.54) is 57.1 Å². The maximum Gasteiger partial charge on any atom is -0.00393 e. The number of hydrogen-bond donors (Lipinski definition) is 0. The number of unbranched alkanes of at least 4 members (excludes halogenated alkanes) is 1. The molecule has 0 saturated heterocycles. The first kappa shape index (κ1) is 24.4. The van der Waals surface area contributed by atoms with Gasteiger partial charge in [0.05, 0.1) is 0 Å². The molecule has 0 N–H and O–H groups in total. The summed E-state index contributed by atoms with van der Waals surface area (Å²) in [5.74, 6) is 6.76. The van der Waals surface area contributed by atoms with E-state index in [2.05, 4.69) is 54.7 Å². The van der Waals surface area contributed by atoms with E-state index in [0.717, 1.165) is 35.5 Å². The lowest BCUT2D eigenvalue weighted by atomic mass is 9.74. The largest absolute Gasteiger partial charge is 0.165 e. The summed E-state index contributed by atoms with van der Waals surface area (Å²) in [6, 6.07) is 0. The average molecular weight is 357 g/mol. The summed E-state index contributed by atoms with van der Waals surface area (Å²) in [6.45, 7) is 17.1. The Hall–Kier alpha value is 0.350. The maximum atomic E-state index is 2.52. The van der Waals surface area contributed by atoms with Crippen molar-refractivity contribution in [1.29, 1.82) is 0 Å². The summed E-state index contributed by atoms with van der Waals surface area (Å²) >= 11 is 2.05. The normalized spacial score (nSPS) is 19.5. The lowest BCUT2D eigenvalue weighted by Gasteiger charge is -2.33. The molecule has 0 amide bonds. The molecule has 24 heavy (non-hydrogen) atoms. The molecule has 0 radical (unpaired) electrons. The smallest absolute Gasteiger partial charge is 0.00393 e. The molecule has 1 heteroatoms. The summed E-state index contributed by atoms with van der Waals surface area (Å²) in [5.41, 5.74) is 0. The van der Waals surface area contributed by atoms with Crippen molar-refractivity contribution in [3.05, 3.63) is 0 Å². The molecule has 0 heterocycles. The molecule has 0 bridgehead atoms. The maximum absolute atomic E-state index is 2.52. The summed E-state index contributed by atoms with van der Waals surface area (Å²) in [5, 5.41) is 0. The highest BCUT2D eigenvalue weighted by Gasteiger charge is 2.26. The molecule has 0 spiro atoms. The predicted octanol–water partition coefficient (Wildman–Crippen LogP) is 8.31. The summed E-state index contributed by atoms with van der Waals surface area (Å²) in [6.07, 6.45) is 13.5. The number of rotatable bonds is 15. The monoisotopic (exact) mass is 356 g/mol. The van der Waals surface area contributed by atoms with Crippen LogP contribution in [0.2, 0.25) is 0 Å². The van der Waals surface area contributed by atoms with Crippen molar-refractivity contribution in [2.45, 2.75) is 99.8 Å². The molecule has 146 valence electrons. The van der Waals surface area contributed by atoms with Crippen LogP contribution in [0.15, 0.2) is 0 Å². The molecule has 0 rings (SSSR count). The van der Waals surface area contributed by atoms with E-state index < -0.39 is 0 Å². The van der Waals surface area contributed by atoms with Crippen molar-refractivity contribution >= 4 is 11.8 Å². The Morgan fingerprint density at radius 3 is 1.88 bits per heavy atom. The van der Waals surface area contributed by atoms with Gasteiger partial charge in [0.2, 0.25) is 0 Å². The van der Waals surface area contributed by atoms with Crippen molar-refractivity contribution < 1.29 is 0 Å². The zero-order valence-electron chi connectivity index (χ0n) is 18.2. The van der Waals surface area contributed by atoms with Gasteiger partial charge < -0.3 is 0 Å². The zero-order chi connectivity index (χ0) is 18.5. The van der Waals surface area contributed by atoms with E-state index in [-0.39, 0.29) is 0 Å². The second kappa shape index (κ2) is 14.5. The molecule has 0 aromatic rings. The van der Waals surface area contributed by atoms with Crippen molar-refractivity contribution in [3.63, 3.8) is 0 Å². The van der Waals surface area contributed by atoms with Crippen LogP contribution in [0.25, 0.3) is 0 Å².